The molecule has 2 N–H and O–H groups in total. The Hall–Kier alpha value is -6.45. The van der Waals surface area contributed by atoms with Gasteiger partial charge in [-0.05, 0) is 75.4 Å². The Kier molecular flexibility index (Phi) is 6.84. The largest absolute Gasteiger partial charge is 0.456 e. The Labute approximate surface area is 285 Å². The molecular formula is C46H32N2O. The van der Waals surface area contributed by atoms with E-state index in [9.17, 15) is 0 Å². The van der Waals surface area contributed by atoms with Crippen molar-refractivity contribution in [1.29, 1.82) is 0 Å². The molecule has 0 amide bonds. The number of furan rings is 1. The number of fused-ring (bicyclic) bond motifs is 6. The van der Waals surface area contributed by atoms with Gasteiger partial charge in [0.15, 0.2) is 0 Å². The van der Waals surface area contributed by atoms with Crippen LogP contribution in [0.15, 0.2) is 191 Å². The lowest BCUT2D eigenvalue weighted by Crippen LogP contribution is -2.28. The quantitative estimate of drug-likeness (QED) is 0.186. The highest BCUT2D eigenvalue weighted by atomic mass is 16.3. The van der Waals surface area contributed by atoms with E-state index in [2.05, 4.69) is 127 Å². The predicted octanol–water partition coefficient (Wildman–Crippen LogP) is 11.1. The number of benzene rings is 7. The summed E-state index contributed by atoms with van der Waals surface area (Å²) in [4.78, 5) is 5.37. The van der Waals surface area contributed by atoms with Crippen LogP contribution in [0.1, 0.15) is 33.4 Å². The van der Waals surface area contributed by atoms with Gasteiger partial charge >= 0.3 is 0 Å². The fraction of sp³-hybridized carbons (Fsp3) is 0.0217. The Morgan fingerprint density at radius 2 is 1.12 bits per heavy atom. The molecule has 0 atom stereocenters. The van der Waals surface area contributed by atoms with Crippen molar-refractivity contribution in [3.63, 3.8) is 0 Å². The highest BCUT2D eigenvalue weighted by Gasteiger charge is 2.46. The van der Waals surface area contributed by atoms with E-state index in [-0.39, 0.29) is 0 Å². The van der Waals surface area contributed by atoms with Crippen molar-refractivity contribution in [1.82, 2.24) is 0 Å². The van der Waals surface area contributed by atoms with Crippen LogP contribution >= 0.6 is 0 Å². The molecule has 3 heteroatoms. The van der Waals surface area contributed by atoms with Crippen molar-refractivity contribution in [3.8, 4) is 11.1 Å². The average Bonchev–Trinajstić information content (AvgIpc) is 3.69. The van der Waals surface area contributed by atoms with Gasteiger partial charge < -0.3 is 10.2 Å². The zero-order valence-corrected chi connectivity index (χ0v) is 26.8. The normalized spacial score (nSPS) is 13.8. The maximum atomic E-state index is 6.76. The fourth-order valence-electron chi connectivity index (χ4n) is 7.57. The molecule has 232 valence electrons. The summed E-state index contributed by atoms with van der Waals surface area (Å²) in [5, 5.41) is 2.17. The minimum absolute atomic E-state index is 0.508. The SMILES string of the molecule is N/C(=C\C(=Nc1ccc2c(c1)C(c1ccccc1)(c1ccccc1)c1ccccc1-2)c1ccc2c(c1)oc1ccccc12)c1ccccc1. The van der Waals surface area contributed by atoms with Gasteiger partial charge in [-0.1, -0.05) is 146 Å². The van der Waals surface area contributed by atoms with Gasteiger partial charge in [0.1, 0.15) is 11.2 Å². The highest BCUT2D eigenvalue weighted by Crippen LogP contribution is 2.56. The zero-order chi connectivity index (χ0) is 32.8. The molecule has 0 aliphatic heterocycles. The van der Waals surface area contributed by atoms with Gasteiger partial charge in [0, 0.05) is 22.0 Å². The van der Waals surface area contributed by atoms with Crippen LogP contribution in [-0.4, -0.2) is 5.71 Å². The fourth-order valence-corrected chi connectivity index (χ4v) is 7.57. The van der Waals surface area contributed by atoms with Crippen LogP contribution in [0.3, 0.4) is 0 Å². The number of allylic oxidation sites excluding steroid dienone is 1. The Morgan fingerprint density at radius 3 is 1.88 bits per heavy atom. The van der Waals surface area contributed by atoms with Crippen molar-refractivity contribution in [2.75, 3.05) is 0 Å². The summed E-state index contributed by atoms with van der Waals surface area (Å²) in [5.74, 6) is 0. The first-order valence-electron chi connectivity index (χ1n) is 16.6. The monoisotopic (exact) mass is 628 g/mol. The molecule has 1 aliphatic carbocycles. The number of nitrogens with zero attached hydrogens (tertiary/aromatic N) is 1. The molecule has 0 unspecified atom stereocenters. The summed E-state index contributed by atoms with van der Waals surface area (Å²) in [6.07, 6.45) is 1.97. The zero-order valence-electron chi connectivity index (χ0n) is 26.8. The molecule has 3 nitrogen and oxygen atoms in total. The van der Waals surface area contributed by atoms with E-state index < -0.39 is 5.41 Å². The van der Waals surface area contributed by atoms with Crippen molar-refractivity contribution < 1.29 is 4.42 Å². The van der Waals surface area contributed by atoms with Crippen LogP contribution in [0.5, 0.6) is 0 Å². The number of hydrogen-bond acceptors (Lipinski definition) is 3. The molecule has 1 aliphatic rings. The Bertz CT molecular complexity index is 2500. The summed E-state index contributed by atoms with van der Waals surface area (Å²) >= 11 is 0. The first-order valence-corrected chi connectivity index (χ1v) is 16.6. The Morgan fingerprint density at radius 1 is 0.510 bits per heavy atom. The van der Waals surface area contributed by atoms with Crippen LogP contribution in [0.2, 0.25) is 0 Å². The van der Waals surface area contributed by atoms with Crippen LogP contribution in [0.4, 0.5) is 5.69 Å². The van der Waals surface area contributed by atoms with Gasteiger partial charge in [-0.2, -0.15) is 0 Å². The van der Waals surface area contributed by atoms with Crippen molar-refractivity contribution in [3.05, 3.63) is 215 Å². The number of para-hydroxylation sites is 1. The topological polar surface area (TPSA) is 51.5 Å². The number of rotatable bonds is 6. The van der Waals surface area contributed by atoms with Gasteiger partial charge in [-0.15, -0.1) is 0 Å². The summed E-state index contributed by atoms with van der Waals surface area (Å²) in [6, 6.07) is 61.5. The molecule has 49 heavy (non-hydrogen) atoms. The summed E-state index contributed by atoms with van der Waals surface area (Å²) in [6.45, 7) is 0. The van der Waals surface area contributed by atoms with E-state index in [0.29, 0.717) is 5.70 Å². The Balaban J connectivity index is 1.28. The maximum Gasteiger partial charge on any atom is 0.136 e. The predicted molar refractivity (Wildman–Crippen MR) is 202 cm³/mol. The first kappa shape index (κ1) is 28.7. The van der Waals surface area contributed by atoms with Crippen LogP contribution in [0.25, 0.3) is 38.8 Å². The molecular weight excluding hydrogens is 597 g/mol. The standard InChI is InChI=1S/C46H32N2O/c47-42(31-14-4-1-5-15-31)30-43(32-24-26-39-38-21-11-13-23-44(38)49-45(39)28-32)48-35-25-27-37-36-20-10-12-22-40(36)46(41(37)29-35,33-16-6-2-7-17-33)34-18-8-3-9-19-34/h1-30H,47H2/b42-30-,48-43?. The van der Waals surface area contributed by atoms with E-state index in [4.69, 9.17) is 15.1 Å². The molecule has 9 rings (SSSR count). The molecule has 0 radical (unpaired) electrons. The third-order valence-electron chi connectivity index (χ3n) is 9.77. The van der Waals surface area contributed by atoms with Gasteiger partial charge in [0.2, 0.25) is 0 Å². The third kappa shape index (κ3) is 4.70. The number of aliphatic imine (C=N–C) groups is 1. The third-order valence-corrected chi connectivity index (χ3v) is 9.77. The van der Waals surface area contributed by atoms with Crippen molar-refractivity contribution >= 4 is 39.0 Å². The lowest BCUT2D eigenvalue weighted by molar-refractivity contribution is 0.669. The van der Waals surface area contributed by atoms with E-state index in [1.807, 2.05) is 54.6 Å². The molecule has 0 saturated heterocycles. The van der Waals surface area contributed by atoms with Gasteiger partial charge in [0.25, 0.3) is 0 Å². The number of nitrogens with two attached hydrogens (primary N) is 1. The van der Waals surface area contributed by atoms with E-state index in [0.717, 1.165) is 44.5 Å². The van der Waals surface area contributed by atoms with Crippen molar-refractivity contribution in [2.45, 2.75) is 5.41 Å². The second kappa shape index (κ2) is 11.7. The highest BCUT2D eigenvalue weighted by molar-refractivity contribution is 6.15. The number of hydrogen-bond donors (Lipinski definition) is 1. The summed E-state index contributed by atoms with van der Waals surface area (Å²) in [7, 11) is 0. The molecule has 0 bridgehead atoms. The van der Waals surface area contributed by atoms with E-state index in [1.54, 1.807) is 0 Å². The summed E-state index contributed by atoms with van der Waals surface area (Å²) in [5.41, 5.74) is 19.4. The van der Waals surface area contributed by atoms with Crippen LogP contribution in [-0.2, 0) is 5.41 Å². The molecule has 0 fully saturated rings. The van der Waals surface area contributed by atoms with Gasteiger partial charge in [-0.25, -0.2) is 4.99 Å². The lowest BCUT2D eigenvalue weighted by Gasteiger charge is -2.33. The molecule has 8 aromatic rings. The van der Waals surface area contributed by atoms with E-state index >= 15 is 0 Å². The second-order valence-electron chi connectivity index (χ2n) is 12.5. The van der Waals surface area contributed by atoms with Gasteiger partial charge in [0.05, 0.1) is 16.8 Å². The molecule has 0 spiro atoms. The smallest absolute Gasteiger partial charge is 0.136 e. The molecule has 1 aromatic heterocycles. The van der Waals surface area contributed by atoms with Crippen LogP contribution < -0.4 is 5.73 Å². The van der Waals surface area contributed by atoms with Gasteiger partial charge in [-0.3, -0.25) is 0 Å². The van der Waals surface area contributed by atoms with E-state index in [1.165, 1.54) is 33.4 Å². The lowest BCUT2D eigenvalue weighted by atomic mass is 9.67. The molecule has 1 heterocycles. The second-order valence-corrected chi connectivity index (χ2v) is 12.5. The molecule has 0 saturated carbocycles. The summed E-state index contributed by atoms with van der Waals surface area (Å²) < 4.78 is 6.30. The minimum Gasteiger partial charge on any atom is -0.456 e. The van der Waals surface area contributed by atoms with Crippen molar-refractivity contribution in [2.24, 2.45) is 10.7 Å². The van der Waals surface area contributed by atoms with Crippen LogP contribution in [0, 0.1) is 0 Å². The minimum atomic E-state index is -0.508. The average molecular weight is 629 g/mol. The maximum absolute atomic E-state index is 6.76. The molecule has 7 aromatic carbocycles. The first-order chi connectivity index (χ1) is 24.2.